The van der Waals surface area contributed by atoms with Crippen LogP contribution in [0.15, 0.2) is 12.2 Å². The number of hydrogen-bond acceptors (Lipinski definition) is 4. The lowest BCUT2D eigenvalue weighted by atomic mass is 9.50. The van der Waals surface area contributed by atoms with Gasteiger partial charge in [0.1, 0.15) is 0 Å². The molecule has 2 N–H and O–H groups in total. The van der Waals surface area contributed by atoms with E-state index in [0.717, 1.165) is 32.1 Å². The number of carbonyl (C=O) groups is 2. The summed E-state index contributed by atoms with van der Waals surface area (Å²) >= 11 is 0. The summed E-state index contributed by atoms with van der Waals surface area (Å²) < 4.78 is 5.62. The fraction of sp³-hybridized carbons (Fsp3) is 0.800. The lowest BCUT2D eigenvalue weighted by Gasteiger charge is -2.57. The molecular weight excluding hydrogens is 320 g/mol. The van der Waals surface area contributed by atoms with Crippen molar-refractivity contribution < 1.29 is 24.5 Å². The summed E-state index contributed by atoms with van der Waals surface area (Å²) in [6.07, 6.45) is 4.20. The minimum atomic E-state index is -1.11. The van der Waals surface area contributed by atoms with Crippen LogP contribution in [0.25, 0.3) is 0 Å². The summed E-state index contributed by atoms with van der Waals surface area (Å²) in [6, 6.07) is 0. The third kappa shape index (κ3) is 1.52. The zero-order valence-electron chi connectivity index (χ0n) is 14.7. The van der Waals surface area contributed by atoms with Crippen molar-refractivity contribution in [3.63, 3.8) is 0 Å². The molecule has 4 bridgehead atoms. The number of carboxylic acids is 1. The SMILES string of the molecule is C=C1C[C@]23CC1CC[C@H]2[C@@]12CC[C@H](O)[C@](C)(C(=O)OC1)[C@H]2[C@@H]3C(=O)O. The molecule has 136 valence electrons. The molecule has 5 nitrogen and oxygen atoms in total. The minimum absolute atomic E-state index is 0.251. The zero-order valence-corrected chi connectivity index (χ0v) is 14.7. The Morgan fingerprint density at radius 3 is 2.76 bits per heavy atom. The highest BCUT2D eigenvalue weighted by Gasteiger charge is 2.79. The summed E-state index contributed by atoms with van der Waals surface area (Å²) in [4.78, 5) is 25.2. The molecule has 5 aliphatic rings. The lowest BCUT2D eigenvalue weighted by molar-refractivity contribution is -0.220. The molecule has 0 aromatic rings. The first-order valence-electron chi connectivity index (χ1n) is 9.53. The summed E-state index contributed by atoms with van der Waals surface area (Å²) in [5, 5.41) is 21.0. The van der Waals surface area contributed by atoms with Crippen LogP contribution in [0.4, 0.5) is 0 Å². The molecule has 4 saturated carbocycles. The maximum atomic E-state index is 12.7. The van der Waals surface area contributed by atoms with Crippen molar-refractivity contribution in [2.75, 3.05) is 6.61 Å². The van der Waals surface area contributed by atoms with E-state index in [9.17, 15) is 19.8 Å². The first-order chi connectivity index (χ1) is 11.8. The van der Waals surface area contributed by atoms with Crippen LogP contribution < -0.4 is 0 Å². The molecule has 8 atom stereocenters. The molecule has 0 aromatic heterocycles. The van der Waals surface area contributed by atoms with Crippen molar-refractivity contribution >= 4 is 11.9 Å². The van der Waals surface area contributed by atoms with Crippen LogP contribution in [0.2, 0.25) is 0 Å². The molecule has 1 heterocycles. The molecule has 1 spiro atoms. The molecule has 1 saturated heterocycles. The second-order valence-electron chi connectivity index (χ2n) is 9.54. The smallest absolute Gasteiger partial charge is 0.314 e. The average Bonchev–Trinajstić information content (AvgIpc) is 2.97. The normalized spacial score (nSPS) is 56.2. The minimum Gasteiger partial charge on any atom is -0.481 e. The van der Waals surface area contributed by atoms with Gasteiger partial charge >= 0.3 is 11.9 Å². The standard InChI is InChI=1S/C20H26O5/c1-10-7-20-8-11(10)3-4-12(20)19-6-5-13(21)18(2,17(24)25-9-19)15(19)14(20)16(22)23/h11-15,21H,1,3-9H2,2H3,(H,22,23)/t11?,12-,13-,14+,15+,18-,19+,20-/m0/s1. The first kappa shape index (κ1) is 15.9. The van der Waals surface area contributed by atoms with E-state index in [1.54, 1.807) is 6.92 Å². The second-order valence-corrected chi connectivity index (χ2v) is 9.54. The highest BCUT2D eigenvalue weighted by atomic mass is 16.5. The third-order valence-electron chi connectivity index (χ3n) is 8.92. The van der Waals surface area contributed by atoms with E-state index in [1.807, 2.05) is 0 Å². The van der Waals surface area contributed by atoms with Gasteiger partial charge in [0.05, 0.1) is 24.0 Å². The Bertz CT molecular complexity index is 700. The number of aliphatic carboxylic acids is 1. The lowest BCUT2D eigenvalue weighted by Crippen LogP contribution is -2.63. The third-order valence-corrected chi connectivity index (χ3v) is 8.92. The van der Waals surface area contributed by atoms with Crippen molar-refractivity contribution in [1.82, 2.24) is 0 Å². The van der Waals surface area contributed by atoms with E-state index >= 15 is 0 Å². The number of cyclic esters (lactones) is 1. The summed E-state index contributed by atoms with van der Waals surface area (Å²) in [6.45, 7) is 6.33. The number of carbonyl (C=O) groups excluding carboxylic acids is 1. The second kappa shape index (κ2) is 4.48. The van der Waals surface area contributed by atoms with Crippen LogP contribution >= 0.6 is 0 Å². The summed E-state index contributed by atoms with van der Waals surface area (Å²) in [5.74, 6) is -1.47. The van der Waals surface area contributed by atoms with Gasteiger partial charge in [0.2, 0.25) is 0 Å². The fourth-order valence-corrected chi connectivity index (χ4v) is 8.12. The number of carboxylic acid groups (broad SMARTS) is 1. The molecule has 25 heavy (non-hydrogen) atoms. The first-order valence-corrected chi connectivity index (χ1v) is 9.53. The Morgan fingerprint density at radius 1 is 1.28 bits per heavy atom. The number of esters is 1. The Morgan fingerprint density at radius 2 is 2.04 bits per heavy atom. The number of rotatable bonds is 1. The van der Waals surface area contributed by atoms with Crippen LogP contribution in [-0.4, -0.2) is 34.9 Å². The van der Waals surface area contributed by atoms with E-state index in [0.29, 0.717) is 18.9 Å². The quantitative estimate of drug-likeness (QED) is 0.563. The highest BCUT2D eigenvalue weighted by Crippen LogP contribution is 2.78. The Balaban J connectivity index is 1.76. The number of allylic oxidation sites excluding steroid dienone is 1. The van der Waals surface area contributed by atoms with Crippen molar-refractivity contribution in [3.05, 3.63) is 12.2 Å². The molecule has 5 heteroatoms. The van der Waals surface area contributed by atoms with Gasteiger partial charge in [0.25, 0.3) is 0 Å². The molecular formula is C20H26O5. The van der Waals surface area contributed by atoms with Gasteiger partial charge in [-0.15, -0.1) is 0 Å². The predicted molar refractivity (Wildman–Crippen MR) is 88.4 cm³/mol. The van der Waals surface area contributed by atoms with E-state index in [-0.39, 0.29) is 22.7 Å². The molecule has 0 aromatic carbocycles. The topological polar surface area (TPSA) is 83.8 Å². The molecule has 0 amide bonds. The maximum absolute atomic E-state index is 12.7. The van der Waals surface area contributed by atoms with Gasteiger partial charge in [-0.05, 0) is 62.7 Å². The highest BCUT2D eigenvalue weighted by molar-refractivity contribution is 5.82. The molecule has 0 radical (unpaired) electrons. The Kier molecular flexibility index (Phi) is 2.84. The molecule has 4 aliphatic carbocycles. The summed E-state index contributed by atoms with van der Waals surface area (Å²) in [5.41, 5.74) is -0.516. The van der Waals surface area contributed by atoms with Gasteiger partial charge in [0, 0.05) is 11.3 Å². The Labute approximate surface area is 147 Å². The van der Waals surface area contributed by atoms with Gasteiger partial charge in [-0.3, -0.25) is 9.59 Å². The van der Waals surface area contributed by atoms with E-state index < -0.39 is 29.4 Å². The van der Waals surface area contributed by atoms with Gasteiger partial charge in [0.15, 0.2) is 0 Å². The van der Waals surface area contributed by atoms with Gasteiger partial charge in [-0.2, -0.15) is 0 Å². The summed E-state index contributed by atoms with van der Waals surface area (Å²) in [7, 11) is 0. The number of aliphatic hydroxyl groups excluding tert-OH is 1. The largest absolute Gasteiger partial charge is 0.481 e. The van der Waals surface area contributed by atoms with Gasteiger partial charge in [-0.25, -0.2) is 0 Å². The van der Waals surface area contributed by atoms with Crippen LogP contribution in [0, 0.1) is 39.9 Å². The molecule has 1 unspecified atom stereocenters. The number of fused-ring (bicyclic) bond motifs is 1. The van der Waals surface area contributed by atoms with Crippen LogP contribution in [0.1, 0.15) is 45.4 Å². The van der Waals surface area contributed by atoms with Gasteiger partial charge < -0.3 is 14.9 Å². The molecule has 5 rings (SSSR count). The van der Waals surface area contributed by atoms with Crippen molar-refractivity contribution in [2.24, 2.45) is 39.9 Å². The van der Waals surface area contributed by atoms with Crippen LogP contribution in [0.5, 0.6) is 0 Å². The molecule has 5 fully saturated rings. The van der Waals surface area contributed by atoms with Crippen molar-refractivity contribution in [2.45, 2.75) is 51.6 Å². The average molecular weight is 346 g/mol. The van der Waals surface area contributed by atoms with Gasteiger partial charge in [-0.1, -0.05) is 12.2 Å². The predicted octanol–water partition coefficient (Wildman–Crippen LogP) is 2.38. The monoisotopic (exact) mass is 346 g/mol. The maximum Gasteiger partial charge on any atom is 0.314 e. The van der Waals surface area contributed by atoms with E-state index in [4.69, 9.17) is 4.74 Å². The van der Waals surface area contributed by atoms with Crippen molar-refractivity contribution in [1.29, 1.82) is 0 Å². The number of aliphatic hydroxyl groups is 1. The molecule has 1 aliphatic heterocycles. The number of ether oxygens (including phenoxy) is 1. The van der Waals surface area contributed by atoms with Crippen LogP contribution in [-0.2, 0) is 14.3 Å². The zero-order chi connectivity index (χ0) is 17.8. The van der Waals surface area contributed by atoms with E-state index in [1.165, 1.54) is 5.57 Å². The Hall–Kier alpha value is -1.36. The number of hydrogen-bond donors (Lipinski definition) is 2. The fourth-order valence-electron chi connectivity index (χ4n) is 8.12. The van der Waals surface area contributed by atoms with Crippen molar-refractivity contribution in [3.8, 4) is 0 Å². The van der Waals surface area contributed by atoms with E-state index in [2.05, 4.69) is 6.58 Å². The van der Waals surface area contributed by atoms with Crippen LogP contribution in [0.3, 0.4) is 0 Å².